The molecule has 1 unspecified atom stereocenters. The Bertz CT molecular complexity index is 1340. The second kappa shape index (κ2) is 12.1. The Morgan fingerprint density at radius 2 is 1.62 bits per heavy atom. The fourth-order valence-corrected chi connectivity index (χ4v) is 5.64. The van der Waals surface area contributed by atoms with Crippen molar-refractivity contribution in [3.05, 3.63) is 107 Å². The zero-order valence-electron chi connectivity index (χ0n) is 22.1. The molecule has 10 heteroatoms. The number of carbonyl (C=O) groups excluding carboxylic acids is 3. The van der Waals surface area contributed by atoms with Gasteiger partial charge in [0.1, 0.15) is 18.0 Å². The van der Waals surface area contributed by atoms with Crippen molar-refractivity contribution in [1.82, 2.24) is 25.1 Å². The summed E-state index contributed by atoms with van der Waals surface area (Å²) in [5.41, 5.74) is 2.52. The van der Waals surface area contributed by atoms with E-state index < -0.39 is 23.6 Å². The SMILES string of the molecule is CN1CC(=O)N2[C@@H](Cc3ccccc3)C(=O)N(CC(Cl)c3ccccc3)C[C@@H]2N1C(=O)NCc1ccc(F)cc1. The van der Waals surface area contributed by atoms with E-state index in [1.54, 1.807) is 34.0 Å². The van der Waals surface area contributed by atoms with Crippen LogP contribution >= 0.6 is 11.6 Å². The average Bonchev–Trinajstić information content (AvgIpc) is 2.95. The van der Waals surface area contributed by atoms with E-state index in [1.165, 1.54) is 17.1 Å². The van der Waals surface area contributed by atoms with Crippen molar-refractivity contribution in [2.24, 2.45) is 0 Å². The molecule has 2 saturated heterocycles. The van der Waals surface area contributed by atoms with Gasteiger partial charge in [0, 0.05) is 26.6 Å². The van der Waals surface area contributed by atoms with Gasteiger partial charge in [-0.15, -0.1) is 11.6 Å². The molecule has 5 rings (SSSR count). The van der Waals surface area contributed by atoms with E-state index in [1.807, 2.05) is 60.7 Å². The highest BCUT2D eigenvalue weighted by molar-refractivity contribution is 6.21. The summed E-state index contributed by atoms with van der Waals surface area (Å²) in [4.78, 5) is 44.1. The molecule has 0 radical (unpaired) electrons. The predicted molar refractivity (Wildman–Crippen MR) is 149 cm³/mol. The number of halogens is 2. The number of hydrogen-bond donors (Lipinski definition) is 1. The fraction of sp³-hybridized carbons (Fsp3) is 0.300. The van der Waals surface area contributed by atoms with Crippen LogP contribution in [0.5, 0.6) is 0 Å². The number of rotatable bonds is 7. The van der Waals surface area contributed by atoms with Gasteiger partial charge in [0.25, 0.3) is 0 Å². The van der Waals surface area contributed by atoms with Gasteiger partial charge in [0.05, 0.1) is 18.5 Å². The van der Waals surface area contributed by atoms with Gasteiger partial charge in [-0.2, -0.15) is 0 Å². The molecule has 2 heterocycles. The number of fused-ring (bicyclic) bond motifs is 1. The van der Waals surface area contributed by atoms with Gasteiger partial charge in [0.2, 0.25) is 11.8 Å². The molecule has 3 atom stereocenters. The van der Waals surface area contributed by atoms with Crippen molar-refractivity contribution >= 4 is 29.4 Å². The van der Waals surface area contributed by atoms with E-state index in [-0.39, 0.29) is 43.8 Å². The number of carbonyl (C=O) groups is 3. The molecule has 40 heavy (non-hydrogen) atoms. The summed E-state index contributed by atoms with van der Waals surface area (Å²) in [5, 5.41) is 5.48. The van der Waals surface area contributed by atoms with Crippen molar-refractivity contribution in [1.29, 1.82) is 0 Å². The smallest absolute Gasteiger partial charge is 0.334 e. The quantitative estimate of drug-likeness (QED) is 0.444. The highest BCUT2D eigenvalue weighted by Crippen LogP contribution is 2.30. The van der Waals surface area contributed by atoms with Gasteiger partial charge in [-0.1, -0.05) is 72.8 Å². The molecular weight excluding hydrogens is 533 g/mol. The number of piperazine rings is 1. The van der Waals surface area contributed by atoms with Crippen molar-refractivity contribution in [3.8, 4) is 0 Å². The van der Waals surface area contributed by atoms with Gasteiger partial charge < -0.3 is 15.1 Å². The van der Waals surface area contributed by atoms with Crippen molar-refractivity contribution in [3.63, 3.8) is 0 Å². The lowest BCUT2D eigenvalue weighted by atomic mass is 9.98. The number of nitrogens with zero attached hydrogens (tertiary/aromatic N) is 4. The maximum Gasteiger partial charge on any atom is 0.334 e. The molecule has 2 fully saturated rings. The Morgan fingerprint density at radius 1 is 0.975 bits per heavy atom. The number of hydrazine groups is 1. The third-order valence-corrected chi connectivity index (χ3v) is 7.71. The third-order valence-electron chi connectivity index (χ3n) is 7.32. The van der Waals surface area contributed by atoms with Crippen LogP contribution in [0, 0.1) is 5.82 Å². The minimum Gasteiger partial charge on any atom is -0.335 e. The molecular formula is C30H31ClFN5O3. The van der Waals surface area contributed by atoms with Crippen molar-refractivity contribution in [2.75, 3.05) is 26.7 Å². The van der Waals surface area contributed by atoms with Crippen LogP contribution in [0.25, 0.3) is 0 Å². The first-order chi connectivity index (χ1) is 19.3. The summed E-state index contributed by atoms with van der Waals surface area (Å²) in [6.07, 6.45) is -0.420. The van der Waals surface area contributed by atoms with Crippen LogP contribution < -0.4 is 5.32 Å². The maximum atomic E-state index is 13.9. The molecule has 0 aliphatic carbocycles. The molecule has 0 spiro atoms. The Labute approximate surface area is 237 Å². The number of hydrogen-bond acceptors (Lipinski definition) is 4. The molecule has 2 aliphatic rings. The first kappa shape index (κ1) is 27.6. The van der Waals surface area contributed by atoms with Gasteiger partial charge in [-0.3, -0.25) is 9.59 Å². The number of urea groups is 1. The summed E-state index contributed by atoms with van der Waals surface area (Å²) in [5.74, 6) is -0.787. The molecule has 1 N–H and O–H groups in total. The monoisotopic (exact) mass is 563 g/mol. The Kier molecular flexibility index (Phi) is 8.32. The van der Waals surface area contributed by atoms with E-state index in [2.05, 4.69) is 5.32 Å². The Morgan fingerprint density at radius 3 is 2.30 bits per heavy atom. The summed E-state index contributed by atoms with van der Waals surface area (Å²) in [6.45, 7) is 0.461. The molecule has 3 aromatic carbocycles. The highest BCUT2D eigenvalue weighted by Gasteiger charge is 2.50. The molecule has 0 saturated carbocycles. The van der Waals surface area contributed by atoms with Crippen molar-refractivity contribution < 1.29 is 18.8 Å². The average molecular weight is 564 g/mol. The second-order valence-electron chi connectivity index (χ2n) is 10.1. The molecule has 8 nitrogen and oxygen atoms in total. The molecule has 0 bridgehead atoms. The fourth-order valence-electron chi connectivity index (χ4n) is 5.33. The topological polar surface area (TPSA) is 76.2 Å². The number of amides is 4. The molecule has 2 aliphatic heterocycles. The second-order valence-corrected chi connectivity index (χ2v) is 10.6. The van der Waals surface area contributed by atoms with E-state index in [0.717, 1.165) is 16.7 Å². The molecule has 208 valence electrons. The van der Waals surface area contributed by atoms with Crippen LogP contribution in [-0.2, 0) is 22.6 Å². The van der Waals surface area contributed by atoms with Crippen LogP contribution in [0.3, 0.4) is 0 Å². The number of alkyl halides is 1. The Hall–Kier alpha value is -3.95. The van der Waals surface area contributed by atoms with Crippen LogP contribution in [0.4, 0.5) is 9.18 Å². The van der Waals surface area contributed by atoms with E-state index in [0.29, 0.717) is 6.42 Å². The van der Waals surface area contributed by atoms with Crippen LogP contribution in [0.1, 0.15) is 22.1 Å². The van der Waals surface area contributed by atoms with Gasteiger partial charge in [-0.05, 0) is 28.8 Å². The van der Waals surface area contributed by atoms with Gasteiger partial charge in [-0.25, -0.2) is 19.2 Å². The van der Waals surface area contributed by atoms with E-state index >= 15 is 0 Å². The normalized spacial score (nSPS) is 20.3. The summed E-state index contributed by atoms with van der Waals surface area (Å²) >= 11 is 6.77. The lowest BCUT2D eigenvalue weighted by Gasteiger charge is -2.54. The lowest BCUT2D eigenvalue weighted by molar-refractivity contribution is -0.186. The van der Waals surface area contributed by atoms with Crippen molar-refractivity contribution in [2.45, 2.75) is 30.6 Å². The van der Waals surface area contributed by atoms with Gasteiger partial charge >= 0.3 is 6.03 Å². The number of likely N-dealkylation sites (N-methyl/N-ethyl adjacent to an activating group) is 1. The van der Waals surface area contributed by atoms with Crippen LogP contribution in [0.15, 0.2) is 84.9 Å². The van der Waals surface area contributed by atoms with E-state index in [9.17, 15) is 18.8 Å². The summed E-state index contributed by atoms with van der Waals surface area (Å²) in [7, 11) is 1.67. The summed E-state index contributed by atoms with van der Waals surface area (Å²) in [6, 6.07) is 23.7. The van der Waals surface area contributed by atoms with E-state index in [4.69, 9.17) is 11.6 Å². The lowest BCUT2D eigenvalue weighted by Crippen LogP contribution is -2.76. The minimum absolute atomic E-state index is 0.0544. The zero-order valence-corrected chi connectivity index (χ0v) is 22.9. The first-order valence-corrected chi connectivity index (χ1v) is 13.6. The largest absolute Gasteiger partial charge is 0.335 e. The number of nitrogens with one attached hydrogen (secondary N) is 1. The first-order valence-electron chi connectivity index (χ1n) is 13.2. The standard InChI is InChI=1S/C30H31ClFN5O3/c1-34-20-28(38)36-26(16-21-8-4-2-5-9-21)29(39)35(18-25(31)23-10-6-3-7-11-23)19-27(36)37(34)30(40)33-17-22-12-14-24(32)15-13-22/h2-15,25-27H,16-20H2,1H3,(H,33,40)/t25?,26-,27-/m0/s1. The zero-order chi connectivity index (χ0) is 28.2. The number of benzene rings is 3. The third kappa shape index (κ3) is 5.95. The van der Waals surface area contributed by atoms with Gasteiger partial charge in [0.15, 0.2) is 0 Å². The van der Waals surface area contributed by atoms with Crippen LogP contribution in [-0.4, -0.2) is 76.6 Å². The Balaban J connectivity index is 1.43. The summed E-state index contributed by atoms with van der Waals surface area (Å²) < 4.78 is 13.3. The highest BCUT2D eigenvalue weighted by atomic mass is 35.5. The molecule has 0 aromatic heterocycles. The maximum absolute atomic E-state index is 13.9. The predicted octanol–water partition coefficient (Wildman–Crippen LogP) is 3.79. The van der Waals surface area contributed by atoms with Crippen LogP contribution in [0.2, 0.25) is 0 Å². The molecule has 3 aromatic rings. The molecule has 4 amide bonds. The minimum atomic E-state index is -0.797.